The number of esters is 1. The lowest BCUT2D eigenvalue weighted by Gasteiger charge is -2.08. The molecule has 0 bridgehead atoms. The number of aromatic nitrogens is 1. The van der Waals surface area contributed by atoms with Gasteiger partial charge in [0.25, 0.3) is 5.91 Å². The van der Waals surface area contributed by atoms with Gasteiger partial charge in [0.2, 0.25) is 0 Å². The second-order valence-corrected chi connectivity index (χ2v) is 6.05. The summed E-state index contributed by atoms with van der Waals surface area (Å²) < 4.78 is 6.98. The van der Waals surface area contributed by atoms with E-state index in [0.29, 0.717) is 17.1 Å². The van der Waals surface area contributed by atoms with Gasteiger partial charge < -0.3 is 14.6 Å². The van der Waals surface area contributed by atoms with E-state index in [0.717, 1.165) is 11.3 Å². The number of carbonyl (C=O) groups is 2. The Labute approximate surface area is 156 Å². The number of nitrogens with one attached hydrogen (secondary N) is 1. The van der Waals surface area contributed by atoms with E-state index >= 15 is 0 Å². The first-order valence-electron chi connectivity index (χ1n) is 8.03. The molecule has 0 atom stereocenters. The van der Waals surface area contributed by atoms with Gasteiger partial charge in [-0.1, -0.05) is 23.7 Å². The van der Waals surface area contributed by atoms with Gasteiger partial charge in [-0.05, 0) is 54.1 Å². The van der Waals surface area contributed by atoms with Crippen molar-refractivity contribution >= 4 is 23.5 Å². The first-order valence-corrected chi connectivity index (χ1v) is 8.41. The molecule has 2 aromatic carbocycles. The van der Waals surface area contributed by atoms with Crippen molar-refractivity contribution in [3.63, 3.8) is 0 Å². The van der Waals surface area contributed by atoms with Crippen LogP contribution in [0.15, 0.2) is 73.1 Å². The Morgan fingerprint density at radius 3 is 2.27 bits per heavy atom. The van der Waals surface area contributed by atoms with E-state index in [1.54, 1.807) is 24.3 Å². The summed E-state index contributed by atoms with van der Waals surface area (Å²) in [4.78, 5) is 23.8. The highest BCUT2D eigenvalue weighted by atomic mass is 35.5. The fourth-order valence-corrected chi connectivity index (χ4v) is 2.47. The number of halogens is 1. The molecule has 0 saturated carbocycles. The van der Waals surface area contributed by atoms with Gasteiger partial charge >= 0.3 is 5.97 Å². The zero-order chi connectivity index (χ0) is 18.4. The number of amides is 1. The van der Waals surface area contributed by atoms with Crippen LogP contribution in [0, 0.1) is 0 Å². The zero-order valence-corrected chi connectivity index (χ0v) is 14.6. The number of nitrogens with zero attached hydrogens (tertiary/aromatic N) is 1. The molecule has 0 fully saturated rings. The van der Waals surface area contributed by atoms with E-state index < -0.39 is 5.97 Å². The minimum atomic E-state index is -0.536. The molecule has 0 radical (unpaired) electrons. The molecule has 0 aliphatic carbocycles. The van der Waals surface area contributed by atoms with Gasteiger partial charge in [-0.3, -0.25) is 4.79 Å². The molecular formula is C20H17ClN2O3. The largest absolute Gasteiger partial charge is 0.452 e. The van der Waals surface area contributed by atoms with E-state index in [1.807, 2.05) is 53.4 Å². The van der Waals surface area contributed by atoms with Crippen LogP contribution in [0.5, 0.6) is 0 Å². The van der Waals surface area contributed by atoms with Gasteiger partial charge in [0, 0.05) is 29.6 Å². The quantitative estimate of drug-likeness (QED) is 0.676. The minimum Gasteiger partial charge on any atom is -0.452 e. The number of hydrogen-bond acceptors (Lipinski definition) is 3. The molecule has 1 amide bonds. The van der Waals surface area contributed by atoms with E-state index in [2.05, 4.69) is 5.32 Å². The third-order valence-corrected chi connectivity index (χ3v) is 3.99. The summed E-state index contributed by atoms with van der Waals surface area (Å²) in [6.45, 7) is 0.0187. The van der Waals surface area contributed by atoms with Crippen molar-refractivity contribution in [3.05, 3.63) is 89.2 Å². The number of carbonyl (C=O) groups excluding carboxylic acids is 2. The van der Waals surface area contributed by atoms with Crippen molar-refractivity contribution in [2.45, 2.75) is 6.54 Å². The number of rotatable bonds is 6. The monoisotopic (exact) mass is 368 g/mol. The van der Waals surface area contributed by atoms with Gasteiger partial charge in [-0.25, -0.2) is 4.79 Å². The standard InChI is InChI=1S/C20H17ClN2O3/c21-17-7-3-15(4-8-17)13-22-19(24)14-26-20(25)16-5-9-18(10-6-16)23-11-1-2-12-23/h1-12H,13-14H2,(H,22,24). The topological polar surface area (TPSA) is 60.3 Å². The van der Waals surface area contributed by atoms with Crippen LogP contribution in [-0.4, -0.2) is 23.1 Å². The molecule has 3 rings (SSSR count). The van der Waals surface area contributed by atoms with Gasteiger partial charge in [-0.2, -0.15) is 0 Å². The van der Waals surface area contributed by atoms with Gasteiger partial charge in [0.15, 0.2) is 6.61 Å². The van der Waals surface area contributed by atoms with Crippen molar-refractivity contribution in [2.75, 3.05) is 6.61 Å². The van der Waals surface area contributed by atoms with Crippen LogP contribution in [0.1, 0.15) is 15.9 Å². The molecule has 0 aliphatic heterocycles. The summed E-state index contributed by atoms with van der Waals surface area (Å²) in [5.74, 6) is -0.900. The van der Waals surface area contributed by atoms with Crippen molar-refractivity contribution < 1.29 is 14.3 Å². The summed E-state index contributed by atoms with van der Waals surface area (Å²) in [5.41, 5.74) is 2.24. The summed E-state index contributed by atoms with van der Waals surface area (Å²) in [6, 6.07) is 18.0. The minimum absolute atomic E-state index is 0.328. The Balaban J connectivity index is 1.47. The first-order chi connectivity index (χ1) is 12.6. The van der Waals surface area contributed by atoms with Crippen molar-refractivity contribution in [1.29, 1.82) is 0 Å². The van der Waals surface area contributed by atoms with Crippen LogP contribution in [0.4, 0.5) is 0 Å². The Morgan fingerprint density at radius 1 is 0.962 bits per heavy atom. The molecule has 26 heavy (non-hydrogen) atoms. The van der Waals surface area contributed by atoms with Crippen molar-refractivity contribution in [1.82, 2.24) is 9.88 Å². The maximum Gasteiger partial charge on any atom is 0.338 e. The molecule has 132 valence electrons. The molecule has 0 aliphatic rings. The Bertz CT molecular complexity index is 872. The summed E-state index contributed by atoms with van der Waals surface area (Å²) in [6.07, 6.45) is 3.83. The fourth-order valence-electron chi connectivity index (χ4n) is 2.34. The number of hydrogen-bond donors (Lipinski definition) is 1. The van der Waals surface area contributed by atoms with E-state index in [9.17, 15) is 9.59 Å². The first kappa shape index (κ1) is 17.8. The molecule has 5 nitrogen and oxygen atoms in total. The highest BCUT2D eigenvalue weighted by molar-refractivity contribution is 6.30. The Kier molecular flexibility index (Phi) is 5.71. The molecule has 1 aromatic heterocycles. The van der Waals surface area contributed by atoms with E-state index in [4.69, 9.17) is 16.3 Å². The second kappa shape index (κ2) is 8.36. The van der Waals surface area contributed by atoms with Crippen LogP contribution >= 0.6 is 11.6 Å². The van der Waals surface area contributed by atoms with Crippen LogP contribution < -0.4 is 5.32 Å². The van der Waals surface area contributed by atoms with E-state index in [1.165, 1.54) is 0 Å². The lowest BCUT2D eigenvalue weighted by atomic mass is 10.2. The lowest BCUT2D eigenvalue weighted by Crippen LogP contribution is -2.28. The highest BCUT2D eigenvalue weighted by Crippen LogP contribution is 2.11. The molecule has 1 N–H and O–H groups in total. The van der Waals surface area contributed by atoms with Crippen LogP contribution in [-0.2, 0) is 16.1 Å². The van der Waals surface area contributed by atoms with Crippen LogP contribution in [0.2, 0.25) is 5.02 Å². The Morgan fingerprint density at radius 2 is 1.62 bits per heavy atom. The Hall–Kier alpha value is -3.05. The number of benzene rings is 2. The molecule has 0 unspecified atom stereocenters. The zero-order valence-electron chi connectivity index (χ0n) is 13.9. The van der Waals surface area contributed by atoms with Gasteiger partial charge in [0.05, 0.1) is 5.56 Å². The molecule has 0 saturated heterocycles. The SMILES string of the molecule is O=C(COC(=O)c1ccc(-n2cccc2)cc1)NCc1ccc(Cl)cc1. The molecule has 0 spiro atoms. The predicted octanol–water partition coefficient (Wildman–Crippen LogP) is 3.60. The molecule has 6 heteroatoms. The van der Waals surface area contributed by atoms with Crippen LogP contribution in [0.25, 0.3) is 5.69 Å². The molecule has 3 aromatic rings. The third kappa shape index (κ3) is 4.74. The van der Waals surface area contributed by atoms with Crippen molar-refractivity contribution in [2.24, 2.45) is 0 Å². The maximum absolute atomic E-state index is 12.0. The smallest absolute Gasteiger partial charge is 0.338 e. The average Bonchev–Trinajstić information content (AvgIpc) is 3.20. The van der Waals surface area contributed by atoms with Gasteiger partial charge in [0.1, 0.15) is 0 Å². The summed E-state index contributed by atoms with van der Waals surface area (Å²) >= 11 is 5.81. The highest BCUT2D eigenvalue weighted by Gasteiger charge is 2.10. The van der Waals surface area contributed by atoms with Crippen molar-refractivity contribution in [3.8, 4) is 5.69 Å². The maximum atomic E-state index is 12.0. The average molecular weight is 369 g/mol. The van der Waals surface area contributed by atoms with E-state index in [-0.39, 0.29) is 12.5 Å². The number of ether oxygens (including phenoxy) is 1. The molecule has 1 heterocycles. The predicted molar refractivity (Wildman–Crippen MR) is 99.4 cm³/mol. The summed E-state index contributed by atoms with van der Waals surface area (Å²) in [7, 11) is 0. The second-order valence-electron chi connectivity index (χ2n) is 5.62. The summed E-state index contributed by atoms with van der Waals surface area (Å²) in [5, 5.41) is 3.33. The third-order valence-electron chi connectivity index (χ3n) is 3.74. The van der Waals surface area contributed by atoms with Gasteiger partial charge in [-0.15, -0.1) is 0 Å². The van der Waals surface area contributed by atoms with Crippen LogP contribution in [0.3, 0.4) is 0 Å². The normalized spacial score (nSPS) is 10.3. The lowest BCUT2D eigenvalue weighted by molar-refractivity contribution is -0.124. The fraction of sp³-hybridized carbons (Fsp3) is 0.100. The molecular weight excluding hydrogens is 352 g/mol.